The fourth-order valence-electron chi connectivity index (χ4n) is 3.91. The second-order valence-corrected chi connectivity index (χ2v) is 10.4. The van der Waals surface area contributed by atoms with Gasteiger partial charge in [0.1, 0.15) is 23.5 Å². The average molecular weight is 538 g/mol. The highest BCUT2D eigenvalue weighted by molar-refractivity contribution is 7.93. The van der Waals surface area contributed by atoms with Gasteiger partial charge in [-0.15, -0.1) is 0 Å². The van der Waals surface area contributed by atoms with E-state index < -0.39 is 51.8 Å². The minimum Gasteiger partial charge on any atom is -0.326 e. The summed E-state index contributed by atoms with van der Waals surface area (Å²) in [5, 5.41) is 5.06. The summed E-state index contributed by atoms with van der Waals surface area (Å²) in [7, 11) is -4.53. The molecular formula is C24H19ClF3N3O4S. The molecule has 0 spiro atoms. The van der Waals surface area contributed by atoms with Gasteiger partial charge in [-0.3, -0.25) is 13.9 Å². The molecular weight excluding hydrogens is 519 g/mol. The van der Waals surface area contributed by atoms with Gasteiger partial charge in [-0.25, -0.2) is 21.6 Å². The zero-order chi connectivity index (χ0) is 26.4. The number of benzene rings is 3. The van der Waals surface area contributed by atoms with E-state index in [1.165, 1.54) is 25.1 Å². The fraction of sp³-hybridized carbons (Fsp3) is 0.167. The number of hydrogen-bond acceptors (Lipinski definition) is 4. The lowest BCUT2D eigenvalue weighted by Crippen LogP contribution is -2.52. The molecule has 0 radical (unpaired) electrons. The van der Waals surface area contributed by atoms with E-state index >= 15 is 0 Å². The van der Waals surface area contributed by atoms with Crippen LogP contribution in [0.1, 0.15) is 17.5 Å². The second kappa shape index (κ2) is 9.47. The summed E-state index contributed by atoms with van der Waals surface area (Å²) in [5.74, 6) is -4.40. The van der Waals surface area contributed by atoms with E-state index in [0.717, 1.165) is 24.3 Å². The van der Waals surface area contributed by atoms with E-state index in [-0.39, 0.29) is 27.5 Å². The largest absolute Gasteiger partial charge is 0.326 e. The molecule has 1 unspecified atom stereocenters. The first kappa shape index (κ1) is 25.5. The number of anilines is 3. The van der Waals surface area contributed by atoms with E-state index in [1.54, 1.807) is 6.92 Å². The van der Waals surface area contributed by atoms with Crippen LogP contribution >= 0.6 is 11.6 Å². The Balaban J connectivity index is 1.79. The Morgan fingerprint density at radius 1 is 1.00 bits per heavy atom. The van der Waals surface area contributed by atoms with Crippen LogP contribution in [-0.4, -0.2) is 26.3 Å². The Bertz CT molecular complexity index is 1490. The number of carbonyl (C=O) groups excluding carboxylic acids is 2. The minimum absolute atomic E-state index is 0.0252. The van der Waals surface area contributed by atoms with E-state index in [0.29, 0.717) is 21.0 Å². The van der Waals surface area contributed by atoms with Crippen molar-refractivity contribution in [1.82, 2.24) is 0 Å². The van der Waals surface area contributed by atoms with Gasteiger partial charge in [0.2, 0.25) is 11.8 Å². The molecule has 4 rings (SSSR count). The van der Waals surface area contributed by atoms with Crippen molar-refractivity contribution in [3.63, 3.8) is 0 Å². The highest BCUT2D eigenvalue weighted by atomic mass is 35.5. The molecule has 1 aliphatic heterocycles. The summed E-state index contributed by atoms with van der Waals surface area (Å²) in [4.78, 5) is 25.6. The van der Waals surface area contributed by atoms with Gasteiger partial charge in [0, 0.05) is 22.8 Å². The van der Waals surface area contributed by atoms with Crippen LogP contribution in [0.4, 0.5) is 30.2 Å². The lowest BCUT2D eigenvalue weighted by molar-refractivity contribution is -0.122. The highest BCUT2D eigenvalue weighted by Crippen LogP contribution is 2.39. The summed E-state index contributed by atoms with van der Waals surface area (Å²) in [6.45, 7) is 3.11. The predicted octanol–water partition coefficient (Wildman–Crippen LogP) is 4.92. The summed E-state index contributed by atoms with van der Waals surface area (Å²) >= 11 is 6.12. The number of nitrogens with one attached hydrogen (secondary N) is 2. The van der Waals surface area contributed by atoms with Crippen molar-refractivity contribution >= 4 is 50.5 Å². The Labute approximate surface area is 209 Å². The third-order valence-corrected chi connectivity index (χ3v) is 7.93. The second-order valence-electron chi connectivity index (χ2n) is 8.24. The first-order valence-corrected chi connectivity index (χ1v) is 12.4. The molecule has 0 bridgehead atoms. The fourth-order valence-corrected chi connectivity index (χ4v) is 6.04. The number of fused-ring (bicyclic) bond motifs is 1. The predicted molar refractivity (Wildman–Crippen MR) is 129 cm³/mol. The van der Waals surface area contributed by atoms with Gasteiger partial charge in [0.25, 0.3) is 10.0 Å². The lowest BCUT2D eigenvalue weighted by atomic mass is 10.1. The molecule has 3 aromatic carbocycles. The Hall–Kier alpha value is -3.57. The molecule has 2 N–H and O–H groups in total. The van der Waals surface area contributed by atoms with Gasteiger partial charge in [-0.1, -0.05) is 11.6 Å². The van der Waals surface area contributed by atoms with Crippen LogP contribution < -0.4 is 14.9 Å². The quantitative estimate of drug-likeness (QED) is 0.483. The maximum Gasteiger partial charge on any atom is 0.265 e. The van der Waals surface area contributed by atoms with Crippen molar-refractivity contribution in [2.24, 2.45) is 0 Å². The number of halogens is 4. The molecule has 0 saturated carbocycles. The molecule has 0 saturated heterocycles. The van der Waals surface area contributed by atoms with Crippen molar-refractivity contribution in [3.05, 3.63) is 82.1 Å². The summed E-state index contributed by atoms with van der Waals surface area (Å²) in [5.41, 5.74) is 0.337. The highest BCUT2D eigenvalue weighted by Gasteiger charge is 2.43. The minimum atomic E-state index is -4.53. The number of nitrogens with zero attached hydrogens (tertiary/aromatic N) is 1. The first-order valence-electron chi connectivity index (χ1n) is 10.5. The SMILES string of the molecule is Cc1cc(S(=O)(=O)N2c3cc(F)ccc3NC(=O)C2CC(=O)Nc2cc(F)cc(F)c2)c(C)cc1Cl. The molecule has 36 heavy (non-hydrogen) atoms. The smallest absolute Gasteiger partial charge is 0.265 e. The number of amides is 2. The molecule has 2 amide bonds. The zero-order valence-corrected chi connectivity index (χ0v) is 20.5. The zero-order valence-electron chi connectivity index (χ0n) is 18.9. The lowest BCUT2D eigenvalue weighted by Gasteiger charge is -2.37. The summed E-state index contributed by atoms with van der Waals surface area (Å²) in [6, 6.07) is 6.65. The van der Waals surface area contributed by atoms with E-state index in [2.05, 4.69) is 10.6 Å². The molecule has 0 aromatic heterocycles. The van der Waals surface area contributed by atoms with Crippen molar-refractivity contribution in [1.29, 1.82) is 0 Å². The molecule has 1 aliphatic rings. The van der Waals surface area contributed by atoms with Gasteiger partial charge < -0.3 is 10.6 Å². The van der Waals surface area contributed by atoms with Crippen LogP contribution in [0.3, 0.4) is 0 Å². The molecule has 7 nitrogen and oxygen atoms in total. The van der Waals surface area contributed by atoms with E-state index in [9.17, 15) is 31.2 Å². The van der Waals surface area contributed by atoms with Gasteiger partial charge in [0.05, 0.1) is 22.7 Å². The van der Waals surface area contributed by atoms with Crippen molar-refractivity contribution < 1.29 is 31.2 Å². The third kappa shape index (κ3) is 4.89. The van der Waals surface area contributed by atoms with E-state index in [1.807, 2.05) is 0 Å². The molecule has 1 heterocycles. The summed E-state index contributed by atoms with van der Waals surface area (Å²) < 4.78 is 69.7. The van der Waals surface area contributed by atoms with E-state index in [4.69, 9.17) is 11.6 Å². The standard InChI is InChI=1S/C24H19ClF3N3O4S/c1-12-6-22(13(2)5-18(12)25)36(34,35)31-20-10-14(26)3-4-19(20)30-24(33)21(31)11-23(32)29-17-8-15(27)7-16(28)9-17/h3-10,21H,11H2,1-2H3,(H,29,32)(H,30,33). The van der Waals surface area contributed by atoms with Crippen molar-refractivity contribution in [2.75, 3.05) is 14.9 Å². The molecule has 1 atom stereocenters. The van der Waals surface area contributed by atoms with Crippen LogP contribution in [0.25, 0.3) is 0 Å². The third-order valence-electron chi connectivity index (χ3n) is 5.56. The van der Waals surface area contributed by atoms with Gasteiger partial charge >= 0.3 is 0 Å². The number of hydrogen-bond donors (Lipinski definition) is 2. The first-order chi connectivity index (χ1) is 16.9. The van der Waals surface area contributed by atoms with Crippen LogP contribution in [-0.2, 0) is 19.6 Å². The molecule has 3 aromatic rings. The maximum absolute atomic E-state index is 14.2. The normalized spacial score (nSPS) is 15.3. The number of carbonyl (C=O) groups is 2. The van der Waals surface area contributed by atoms with Crippen LogP contribution in [0.2, 0.25) is 5.02 Å². The molecule has 188 valence electrons. The Morgan fingerprint density at radius 3 is 2.33 bits per heavy atom. The number of rotatable bonds is 5. The Morgan fingerprint density at radius 2 is 1.67 bits per heavy atom. The maximum atomic E-state index is 14.2. The number of aryl methyl sites for hydroxylation is 2. The molecule has 0 aliphatic carbocycles. The van der Waals surface area contributed by atoms with Crippen molar-refractivity contribution in [3.8, 4) is 0 Å². The topological polar surface area (TPSA) is 95.6 Å². The van der Waals surface area contributed by atoms with Crippen LogP contribution in [0, 0.1) is 31.3 Å². The molecule has 0 fully saturated rings. The Kier molecular flexibility index (Phi) is 6.72. The summed E-state index contributed by atoms with van der Waals surface area (Å²) in [6.07, 6.45) is -0.731. The van der Waals surface area contributed by atoms with Crippen LogP contribution in [0.15, 0.2) is 53.4 Å². The van der Waals surface area contributed by atoms with Gasteiger partial charge in [-0.2, -0.15) is 0 Å². The molecule has 12 heteroatoms. The average Bonchev–Trinajstić information content (AvgIpc) is 2.76. The van der Waals surface area contributed by atoms with Gasteiger partial charge in [-0.05, 0) is 61.4 Å². The van der Waals surface area contributed by atoms with Crippen molar-refractivity contribution in [2.45, 2.75) is 31.2 Å². The van der Waals surface area contributed by atoms with Crippen LogP contribution in [0.5, 0.6) is 0 Å². The number of sulfonamides is 1. The monoisotopic (exact) mass is 537 g/mol. The van der Waals surface area contributed by atoms with Gasteiger partial charge in [0.15, 0.2) is 0 Å².